The van der Waals surface area contributed by atoms with Gasteiger partial charge in [-0.15, -0.1) is 0 Å². The molecule has 0 saturated carbocycles. The third-order valence-electron chi connectivity index (χ3n) is 3.22. The molecular formula is C17H15NO2. The van der Waals surface area contributed by atoms with E-state index in [2.05, 4.69) is 5.32 Å². The summed E-state index contributed by atoms with van der Waals surface area (Å²) in [4.78, 5) is 12.3. The van der Waals surface area contributed by atoms with Crippen LogP contribution in [0.1, 0.15) is 18.1 Å². The van der Waals surface area contributed by atoms with E-state index in [1.54, 1.807) is 0 Å². The SMILES string of the molecule is CCOC(=C1C(=O)Nc2ccccc21)c1ccccc1. The van der Waals surface area contributed by atoms with Crippen molar-refractivity contribution in [2.24, 2.45) is 0 Å². The minimum atomic E-state index is -0.112. The highest BCUT2D eigenvalue weighted by molar-refractivity contribution is 6.36. The Morgan fingerprint density at radius 1 is 1.05 bits per heavy atom. The number of rotatable bonds is 3. The number of carbonyl (C=O) groups is 1. The Morgan fingerprint density at radius 3 is 2.50 bits per heavy atom. The van der Waals surface area contributed by atoms with Gasteiger partial charge in [-0.05, 0) is 13.0 Å². The highest BCUT2D eigenvalue weighted by Gasteiger charge is 2.28. The second-order valence-corrected chi connectivity index (χ2v) is 4.50. The standard InChI is InChI=1S/C17H15NO2/c1-2-20-16(12-8-4-3-5-9-12)15-13-10-6-7-11-14(13)18-17(15)19/h3-11H,2H2,1H3,(H,18,19). The molecule has 0 fully saturated rings. The largest absolute Gasteiger partial charge is 0.492 e. The zero-order valence-corrected chi connectivity index (χ0v) is 11.2. The summed E-state index contributed by atoms with van der Waals surface area (Å²) in [6.45, 7) is 2.44. The fraction of sp³-hybridized carbons (Fsp3) is 0.118. The summed E-state index contributed by atoms with van der Waals surface area (Å²) in [7, 11) is 0. The maximum atomic E-state index is 12.3. The molecule has 1 aliphatic rings. The van der Waals surface area contributed by atoms with E-state index in [4.69, 9.17) is 4.74 Å². The van der Waals surface area contributed by atoms with Gasteiger partial charge in [0, 0.05) is 16.8 Å². The average Bonchev–Trinajstić information content (AvgIpc) is 2.82. The molecule has 0 saturated heterocycles. The summed E-state index contributed by atoms with van der Waals surface area (Å²) in [6.07, 6.45) is 0. The second-order valence-electron chi connectivity index (χ2n) is 4.50. The van der Waals surface area contributed by atoms with Crippen LogP contribution in [0.4, 0.5) is 5.69 Å². The van der Waals surface area contributed by atoms with Gasteiger partial charge in [-0.3, -0.25) is 4.79 Å². The Hall–Kier alpha value is -2.55. The first-order valence-electron chi connectivity index (χ1n) is 6.64. The molecule has 0 aliphatic carbocycles. The Kier molecular flexibility index (Phi) is 3.25. The van der Waals surface area contributed by atoms with Gasteiger partial charge in [0.2, 0.25) is 0 Å². The predicted molar refractivity (Wildman–Crippen MR) is 80.0 cm³/mol. The third-order valence-corrected chi connectivity index (χ3v) is 3.22. The topological polar surface area (TPSA) is 38.3 Å². The molecule has 2 aromatic rings. The highest BCUT2D eigenvalue weighted by Crippen LogP contribution is 2.37. The van der Waals surface area contributed by atoms with Crippen molar-refractivity contribution in [2.45, 2.75) is 6.92 Å². The van der Waals surface area contributed by atoms with Crippen molar-refractivity contribution in [2.75, 3.05) is 11.9 Å². The van der Waals surface area contributed by atoms with Crippen LogP contribution in [0, 0.1) is 0 Å². The minimum Gasteiger partial charge on any atom is -0.492 e. The number of hydrogen-bond acceptors (Lipinski definition) is 2. The number of anilines is 1. The van der Waals surface area contributed by atoms with E-state index in [-0.39, 0.29) is 5.91 Å². The molecule has 0 aromatic heterocycles. The smallest absolute Gasteiger partial charge is 0.260 e. The van der Waals surface area contributed by atoms with Crippen molar-refractivity contribution in [1.82, 2.24) is 0 Å². The van der Waals surface area contributed by atoms with Gasteiger partial charge in [0.1, 0.15) is 5.76 Å². The van der Waals surface area contributed by atoms with Gasteiger partial charge >= 0.3 is 0 Å². The quantitative estimate of drug-likeness (QED) is 0.681. The zero-order chi connectivity index (χ0) is 13.9. The zero-order valence-electron chi connectivity index (χ0n) is 11.2. The number of carbonyl (C=O) groups excluding carboxylic acids is 1. The first kappa shape index (κ1) is 12.5. The van der Waals surface area contributed by atoms with Crippen LogP contribution in [0.2, 0.25) is 0 Å². The second kappa shape index (κ2) is 5.21. The van der Waals surface area contributed by atoms with E-state index in [0.29, 0.717) is 17.9 Å². The van der Waals surface area contributed by atoms with E-state index in [0.717, 1.165) is 16.8 Å². The summed E-state index contributed by atoms with van der Waals surface area (Å²) >= 11 is 0. The van der Waals surface area contributed by atoms with E-state index in [9.17, 15) is 4.79 Å². The maximum absolute atomic E-state index is 12.3. The van der Waals surface area contributed by atoms with Gasteiger partial charge in [0.15, 0.2) is 0 Å². The molecular weight excluding hydrogens is 250 g/mol. The molecule has 3 heteroatoms. The number of para-hydroxylation sites is 1. The van der Waals surface area contributed by atoms with Crippen LogP contribution >= 0.6 is 0 Å². The van der Waals surface area contributed by atoms with Crippen LogP contribution in [0.25, 0.3) is 11.3 Å². The molecule has 1 N–H and O–H groups in total. The molecule has 0 bridgehead atoms. The van der Waals surface area contributed by atoms with Gasteiger partial charge in [-0.1, -0.05) is 48.5 Å². The number of ether oxygens (including phenoxy) is 1. The van der Waals surface area contributed by atoms with Crippen molar-refractivity contribution >= 4 is 22.9 Å². The molecule has 1 aliphatic heterocycles. The van der Waals surface area contributed by atoms with Crippen molar-refractivity contribution < 1.29 is 9.53 Å². The fourth-order valence-corrected chi connectivity index (χ4v) is 2.38. The van der Waals surface area contributed by atoms with Crippen LogP contribution in [0.15, 0.2) is 54.6 Å². The molecule has 1 heterocycles. The fourth-order valence-electron chi connectivity index (χ4n) is 2.38. The summed E-state index contributed by atoms with van der Waals surface area (Å²) in [5, 5.41) is 2.88. The predicted octanol–water partition coefficient (Wildman–Crippen LogP) is 3.54. The van der Waals surface area contributed by atoms with E-state index >= 15 is 0 Å². The van der Waals surface area contributed by atoms with E-state index in [1.807, 2.05) is 61.5 Å². The lowest BCUT2D eigenvalue weighted by Crippen LogP contribution is -2.07. The summed E-state index contributed by atoms with van der Waals surface area (Å²) in [5.74, 6) is 0.522. The van der Waals surface area contributed by atoms with Crippen molar-refractivity contribution in [1.29, 1.82) is 0 Å². The normalized spacial score (nSPS) is 15.6. The van der Waals surface area contributed by atoms with Crippen LogP contribution in [0.3, 0.4) is 0 Å². The third kappa shape index (κ3) is 2.07. The van der Waals surface area contributed by atoms with E-state index < -0.39 is 0 Å². The van der Waals surface area contributed by atoms with Crippen LogP contribution in [0.5, 0.6) is 0 Å². The molecule has 0 spiro atoms. The molecule has 3 nitrogen and oxygen atoms in total. The van der Waals surface area contributed by atoms with E-state index in [1.165, 1.54) is 0 Å². The number of hydrogen-bond donors (Lipinski definition) is 1. The molecule has 0 unspecified atom stereocenters. The number of fused-ring (bicyclic) bond motifs is 1. The molecule has 0 radical (unpaired) electrons. The number of amides is 1. The average molecular weight is 265 g/mol. The summed E-state index contributed by atoms with van der Waals surface area (Å²) in [5.41, 5.74) is 3.25. The van der Waals surface area contributed by atoms with Gasteiger partial charge < -0.3 is 10.1 Å². The lowest BCUT2D eigenvalue weighted by atomic mass is 10.0. The van der Waals surface area contributed by atoms with Crippen molar-refractivity contribution in [3.8, 4) is 0 Å². The van der Waals surface area contributed by atoms with Gasteiger partial charge in [0.05, 0.1) is 12.2 Å². The molecule has 1 amide bonds. The van der Waals surface area contributed by atoms with Crippen LogP contribution in [-0.4, -0.2) is 12.5 Å². The highest BCUT2D eigenvalue weighted by atomic mass is 16.5. The van der Waals surface area contributed by atoms with Crippen molar-refractivity contribution in [3.05, 3.63) is 65.7 Å². The first-order valence-corrected chi connectivity index (χ1v) is 6.64. The van der Waals surface area contributed by atoms with Gasteiger partial charge in [-0.25, -0.2) is 0 Å². The van der Waals surface area contributed by atoms with Gasteiger partial charge in [0.25, 0.3) is 5.91 Å². The first-order chi connectivity index (χ1) is 9.81. The maximum Gasteiger partial charge on any atom is 0.260 e. The van der Waals surface area contributed by atoms with Crippen molar-refractivity contribution in [3.63, 3.8) is 0 Å². The minimum absolute atomic E-state index is 0.112. The summed E-state index contributed by atoms with van der Waals surface area (Å²) < 4.78 is 5.76. The lowest BCUT2D eigenvalue weighted by molar-refractivity contribution is -0.110. The number of benzene rings is 2. The van der Waals surface area contributed by atoms with Crippen LogP contribution < -0.4 is 5.32 Å². The monoisotopic (exact) mass is 265 g/mol. The van der Waals surface area contributed by atoms with Crippen LogP contribution in [-0.2, 0) is 9.53 Å². The Labute approximate surface area is 117 Å². The molecule has 100 valence electrons. The Balaban J connectivity index is 2.21. The molecule has 0 atom stereocenters. The van der Waals surface area contributed by atoms with Gasteiger partial charge in [-0.2, -0.15) is 0 Å². The molecule has 3 rings (SSSR count). The Morgan fingerprint density at radius 2 is 1.75 bits per heavy atom. The number of nitrogens with one attached hydrogen (secondary N) is 1. The Bertz CT molecular complexity index is 674. The lowest BCUT2D eigenvalue weighted by Gasteiger charge is -2.11. The molecule has 2 aromatic carbocycles. The summed E-state index contributed by atoms with van der Waals surface area (Å²) in [6, 6.07) is 17.4. The molecule has 20 heavy (non-hydrogen) atoms.